The zero-order valence-electron chi connectivity index (χ0n) is 11.1. The molecule has 1 unspecified atom stereocenters. The molecule has 104 valence electrons. The van der Waals surface area contributed by atoms with E-state index in [9.17, 15) is 9.59 Å². The fraction of sp³-hybridized carbons (Fsp3) is 0.385. The van der Waals surface area contributed by atoms with Gasteiger partial charge in [0.2, 0.25) is 5.91 Å². The molecule has 0 aliphatic heterocycles. The minimum atomic E-state index is -0.735. The fourth-order valence-corrected chi connectivity index (χ4v) is 2.05. The van der Waals surface area contributed by atoms with Gasteiger partial charge in [-0.15, -0.1) is 0 Å². The number of ether oxygens (including phenoxy) is 1. The molecule has 0 saturated carbocycles. The fourth-order valence-electron chi connectivity index (χ4n) is 1.76. The standard InChI is InChI=1S/C13H17ClN2O3/c1-7-4-9(5-10(14)12(7)15)6-11(13(18)19-3)16-8(2)17/h4-5,11H,6,15H2,1-3H3,(H,16,17). The van der Waals surface area contributed by atoms with Gasteiger partial charge in [-0.3, -0.25) is 4.79 Å². The lowest BCUT2D eigenvalue weighted by Crippen LogP contribution is -2.42. The van der Waals surface area contributed by atoms with Gasteiger partial charge in [-0.05, 0) is 24.1 Å². The maximum absolute atomic E-state index is 11.6. The molecule has 1 amide bonds. The van der Waals surface area contributed by atoms with E-state index >= 15 is 0 Å². The van der Waals surface area contributed by atoms with E-state index in [2.05, 4.69) is 10.1 Å². The first-order valence-corrected chi connectivity index (χ1v) is 6.12. The van der Waals surface area contributed by atoms with E-state index in [1.165, 1.54) is 14.0 Å². The summed E-state index contributed by atoms with van der Waals surface area (Å²) < 4.78 is 4.66. The Balaban J connectivity index is 2.96. The normalized spacial score (nSPS) is 11.8. The van der Waals surface area contributed by atoms with Crippen molar-refractivity contribution < 1.29 is 14.3 Å². The van der Waals surface area contributed by atoms with Crippen LogP contribution < -0.4 is 11.1 Å². The monoisotopic (exact) mass is 284 g/mol. The molecule has 0 aliphatic carbocycles. The van der Waals surface area contributed by atoms with E-state index in [1.54, 1.807) is 6.07 Å². The Morgan fingerprint density at radius 3 is 2.58 bits per heavy atom. The molecule has 1 rings (SSSR count). The van der Waals surface area contributed by atoms with Crippen LogP contribution >= 0.6 is 11.6 Å². The predicted molar refractivity (Wildman–Crippen MR) is 73.9 cm³/mol. The molecular formula is C13H17ClN2O3. The van der Waals surface area contributed by atoms with Crippen LogP contribution in [0.3, 0.4) is 0 Å². The number of hydrogen-bond donors (Lipinski definition) is 2. The Labute approximate surface area is 117 Å². The van der Waals surface area contributed by atoms with Gasteiger partial charge in [0.15, 0.2) is 0 Å². The topological polar surface area (TPSA) is 81.4 Å². The van der Waals surface area contributed by atoms with Gasteiger partial charge in [0.25, 0.3) is 0 Å². The Kier molecular flexibility index (Phi) is 5.18. The molecule has 0 fully saturated rings. The van der Waals surface area contributed by atoms with Crippen LogP contribution in [-0.2, 0) is 20.7 Å². The molecule has 1 aromatic carbocycles. The van der Waals surface area contributed by atoms with Crippen molar-refractivity contribution in [1.29, 1.82) is 0 Å². The van der Waals surface area contributed by atoms with Crippen molar-refractivity contribution in [3.63, 3.8) is 0 Å². The van der Waals surface area contributed by atoms with E-state index in [-0.39, 0.29) is 5.91 Å². The number of aryl methyl sites for hydroxylation is 1. The van der Waals surface area contributed by atoms with Crippen molar-refractivity contribution >= 4 is 29.2 Å². The number of nitrogens with two attached hydrogens (primary N) is 1. The third-order valence-electron chi connectivity index (χ3n) is 2.70. The third kappa shape index (κ3) is 4.13. The number of hydrogen-bond acceptors (Lipinski definition) is 4. The van der Waals surface area contributed by atoms with Crippen molar-refractivity contribution in [2.24, 2.45) is 0 Å². The van der Waals surface area contributed by atoms with E-state index in [0.717, 1.165) is 11.1 Å². The van der Waals surface area contributed by atoms with Gasteiger partial charge in [0.1, 0.15) is 6.04 Å². The minimum absolute atomic E-state index is 0.298. The summed E-state index contributed by atoms with van der Waals surface area (Å²) in [6.07, 6.45) is 0.299. The number of nitrogen functional groups attached to an aromatic ring is 1. The van der Waals surface area contributed by atoms with Gasteiger partial charge in [-0.1, -0.05) is 17.7 Å². The highest BCUT2D eigenvalue weighted by atomic mass is 35.5. The van der Waals surface area contributed by atoms with Crippen LogP contribution in [-0.4, -0.2) is 25.0 Å². The zero-order chi connectivity index (χ0) is 14.6. The number of halogens is 1. The number of benzene rings is 1. The molecule has 0 radical (unpaired) electrons. The van der Waals surface area contributed by atoms with E-state index in [0.29, 0.717) is 17.1 Å². The number of methoxy groups -OCH3 is 1. The van der Waals surface area contributed by atoms with Gasteiger partial charge < -0.3 is 15.8 Å². The minimum Gasteiger partial charge on any atom is -0.467 e. The average molecular weight is 285 g/mol. The van der Waals surface area contributed by atoms with Crippen LogP contribution in [0, 0.1) is 6.92 Å². The second kappa shape index (κ2) is 6.43. The SMILES string of the molecule is COC(=O)C(Cc1cc(C)c(N)c(Cl)c1)NC(C)=O. The number of rotatable bonds is 4. The van der Waals surface area contributed by atoms with E-state index in [4.69, 9.17) is 17.3 Å². The van der Waals surface area contributed by atoms with Gasteiger partial charge in [-0.2, -0.15) is 0 Å². The molecule has 0 aromatic heterocycles. The van der Waals surface area contributed by atoms with Gasteiger partial charge in [0, 0.05) is 13.3 Å². The van der Waals surface area contributed by atoms with Crippen LogP contribution in [0.4, 0.5) is 5.69 Å². The molecule has 3 N–H and O–H groups in total. The first kappa shape index (κ1) is 15.3. The van der Waals surface area contributed by atoms with Crippen molar-refractivity contribution in [3.8, 4) is 0 Å². The summed E-state index contributed by atoms with van der Waals surface area (Å²) in [5.41, 5.74) is 7.90. The number of anilines is 1. The largest absolute Gasteiger partial charge is 0.467 e. The molecule has 0 aliphatic rings. The maximum Gasteiger partial charge on any atom is 0.328 e. The Bertz CT molecular complexity index is 480. The second-order valence-electron chi connectivity index (χ2n) is 4.29. The highest BCUT2D eigenvalue weighted by Gasteiger charge is 2.21. The molecule has 19 heavy (non-hydrogen) atoms. The summed E-state index contributed by atoms with van der Waals surface area (Å²) >= 11 is 5.99. The molecular weight excluding hydrogens is 268 g/mol. The third-order valence-corrected chi connectivity index (χ3v) is 3.01. The van der Waals surface area contributed by atoms with Crippen LogP contribution in [0.25, 0.3) is 0 Å². The van der Waals surface area contributed by atoms with Crippen LogP contribution in [0.1, 0.15) is 18.1 Å². The molecule has 1 atom stereocenters. The molecule has 6 heteroatoms. The summed E-state index contributed by atoms with van der Waals surface area (Å²) in [7, 11) is 1.28. The highest BCUT2D eigenvalue weighted by molar-refractivity contribution is 6.33. The van der Waals surface area contributed by atoms with E-state index in [1.807, 2.05) is 13.0 Å². The van der Waals surface area contributed by atoms with Gasteiger partial charge >= 0.3 is 5.97 Å². The highest BCUT2D eigenvalue weighted by Crippen LogP contribution is 2.25. The lowest BCUT2D eigenvalue weighted by molar-refractivity contribution is -0.144. The number of carbonyl (C=O) groups excluding carboxylic acids is 2. The molecule has 0 saturated heterocycles. The van der Waals surface area contributed by atoms with Crippen LogP contribution in [0.2, 0.25) is 5.02 Å². The summed E-state index contributed by atoms with van der Waals surface area (Å²) in [4.78, 5) is 22.7. The Morgan fingerprint density at radius 1 is 1.47 bits per heavy atom. The van der Waals surface area contributed by atoms with Crippen molar-refractivity contribution in [3.05, 3.63) is 28.3 Å². The lowest BCUT2D eigenvalue weighted by Gasteiger charge is -2.16. The summed E-state index contributed by atoms with van der Waals surface area (Å²) in [6, 6.07) is 2.78. The molecule has 0 bridgehead atoms. The van der Waals surface area contributed by atoms with Gasteiger partial charge in [0.05, 0.1) is 17.8 Å². The van der Waals surface area contributed by atoms with Crippen LogP contribution in [0.5, 0.6) is 0 Å². The summed E-state index contributed by atoms with van der Waals surface area (Å²) in [5, 5.41) is 2.98. The van der Waals surface area contributed by atoms with Gasteiger partial charge in [-0.25, -0.2) is 4.79 Å². The number of carbonyl (C=O) groups is 2. The maximum atomic E-state index is 11.6. The molecule has 0 spiro atoms. The van der Waals surface area contributed by atoms with Crippen molar-refractivity contribution in [2.45, 2.75) is 26.3 Å². The predicted octanol–water partition coefficient (Wildman–Crippen LogP) is 1.45. The number of esters is 1. The first-order valence-electron chi connectivity index (χ1n) is 5.74. The Hall–Kier alpha value is -1.75. The number of amides is 1. The van der Waals surface area contributed by atoms with Crippen LogP contribution in [0.15, 0.2) is 12.1 Å². The van der Waals surface area contributed by atoms with E-state index < -0.39 is 12.0 Å². The van der Waals surface area contributed by atoms with Crippen molar-refractivity contribution in [1.82, 2.24) is 5.32 Å². The quantitative estimate of drug-likeness (QED) is 0.648. The zero-order valence-corrected chi connectivity index (χ0v) is 11.9. The molecule has 0 heterocycles. The molecule has 1 aromatic rings. The summed E-state index contributed by atoms with van der Waals surface area (Å²) in [6.45, 7) is 3.17. The van der Waals surface area contributed by atoms with Crippen molar-refractivity contribution in [2.75, 3.05) is 12.8 Å². The summed E-state index contributed by atoms with van der Waals surface area (Å²) in [5.74, 6) is -0.797. The average Bonchev–Trinajstić information content (AvgIpc) is 2.33. The first-order chi connectivity index (χ1) is 8.85. The Morgan fingerprint density at radius 2 is 2.11 bits per heavy atom. The smallest absolute Gasteiger partial charge is 0.328 e. The molecule has 5 nitrogen and oxygen atoms in total. The lowest BCUT2D eigenvalue weighted by atomic mass is 10.0. The number of nitrogens with one attached hydrogen (secondary N) is 1. The second-order valence-corrected chi connectivity index (χ2v) is 4.70.